The fourth-order valence-corrected chi connectivity index (χ4v) is 2.01. The van der Waals surface area contributed by atoms with Crippen molar-refractivity contribution in [2.75, 3.05) is 13.2 Å². The van der Waals surface area contributed by atoms with Gasteiger partial charge in [-0.1, -0.05) is 29.8 Å². The van der Waals surface area contributed by atoms with Gasteiger partial charge in [0.2, 0.25) is 0 Å². The molecule has 0 aliphatic carbocycles. The number of hydrogen-bond acceptors (Lipinski definition) is 3. The van der Waals surface area contributed by atoms with Crippen LogP contribution in [0.2, 0.25) is 0 Å². The molecule has 3 nitrogen and oxygen atoms in total. The first kappa shape index (κ1) is 17.2. The Balaban J connectivity index is 2.53. The van der Waals surface area contributed by atoms with Crippen molar-refractivity contribution >= 4 is 0 Å². The van der Waals surface area contributed by atoms with Crippen LogP contribution in [-0.4, -0.2) is 41.4 Å². The van der Waals surface area contributed by atoms with Crippen molar-refractivity contribution in [3.05, 3.63) is 35.4 Å². The van der Waals surface area contributed by atoms with Gasteiger partial charge in [-0.3, -0.25) is 4.90 Å². The first-order chi connectivity index (χ1) is 9.38. The largest absolute Gasteiger partial charge is 0.389 e. The van der Waals surface area contributed by atoms with Crippen molar-refractivity contribution in [1.29, 1.82) is 0 Å². The van der Waals surface area contributed by atoms with Gasteiger partial charge in [-0.2, -0.15) is 0 Å². The van der Waals surface area contributed by atoms with E-state index in [0.29, 0.717) is 19.2 Å². The number of aryl methyl sites for hydroxylation is 1. The van der Waals surface area contributed by atoms with E-state index in [0.717, 1.165) is 6.54 Å². The Bertz CT molecular complexity index is 373. The third-order valence-corrected chi connectivity index (χ3v) is 3.30. The lowest BCUT2D eigenvalue weighted by atomic mass is 10.1. The molecule has 0 radical (unpaired) electrons. The van der Waals surface area contributed by atoms with Crippen molar-refractivity contribution in [3.8, 4) is 0 Å². The van der Waals surface area contributed by atoms with Gasteiger partial charge >= 0.3 is 0 Å². The van der Waals surface area contributed by atoms with Gasteiger partial charge in [0.25, 0.3) is 0 Å². The number of benzene rings is 1. The molecule has 0 fully saturated rings. The molecule has 1 aromatic carbocycles. The summed E-state index contributed by atoms with van der Waals surface area (Å²) in [7, 11) is 0. The van der Waals surface area contributed by atoms with E-state index in [4.69, 9.17) is 4.74 Å². The average molecular weight is 279 g/mol. The van der Waals surface area contributed by atoms with E-state index >= 15 is 0 Å². The second kappa shape index (κ2) is 8.40. The molecule has 0 saturated carbocycles. The maximum Gasteiger partial charge on any atom is 0.0900 e. The summed E-state index contributed by atoms with van der Waals surface area (Å²) in [6.07, 6.45) is -0.278. The molecule has 1 unspecified atom stereocenters. The Morgan fingerprint density at radius 3 is 2.20 bits per heavy atom. The monoisotopic (exact) mass is 279 g/mol. The van der Waals surface area contributed by atoms with E-state index in [-0.39, 0.29) is 6.10 Å². The van der Waals surface area contributed by atoms with Crippen LogP contribution in [0.15, 0.2) is 24.3 Å². The summed E-state index contributed by atoms with van der Waals surface area (Å²) < 4.78 is 5.47. The summed E-state index contributed by atoms with van der Waals surface area (Å²) in [5.74, 6) is 0. The molecule has 3 heteroatoms. The van der Waals surface area contributed by atoms with E-state index in [1.165, 1.54) is 11.1 Å². The Morgan fingerprint density at radius 2 is 1.70 bits per heavy atom. The quantitative estimate of drug-likeness (QED) is 0.794. The molecule has 0 bridgehead atoms. The van der Waals surface area contributed by atoms with Crippen molar-refractivity contribution in [1.82, 2.24) is 4.90 Å². The highest BCUT2D eigenvalue weighted by atomic mass is 16.5. The Hall–Kier alpha value is -0.900. The van der Waals surface area contributed by atoms with Crippen LogP contribution in [-0.2, 0) is 11.3 Å². The lowest BCUT2D eigenvalue weighted by molar-refractivity contribution is -0.0136. The SMILES string of the molecule is Cc1ccc(CN(CC(O)COC(C)C)C(C)C)cc1. The van der Waals surface area contributed by atoms with Crippen LogP contribution in [0.3, 0.4) is 0 Å². The molecule has 0 aromatic heterocycles. The summed E-state index contributed by atoms with van der Waals surface area (Å²) in [5, 5.41) is 10.1. The molecule has 114 valence electrons. The predicted molar refractivity (Wildman–Crippen MR) is 83.8 cm³/mol. The number of ether oxygens (including phenoxy) is 1. The summed E-state index contributed by atoms with van der Waals surface area (Å²) in [5.41, 5.74) is 2.55. The molecule has 0 aliphatic heterocycles. The van der Waals surface area contributed by atoms with E-state index in [9.17, 15) is 5.11 Å². The molecule has 0 spiro atoms. The molecule has 20 heavy (non-hydrogen) atoms. The zero-order chi connectivity index (χ0) is 15.1. The van der Waals surface area contributed by atoms with E-state index in [1.54, 1.807) is 0 Å². The maximum atomic E-state index is 10.1. The summed E-state index contributed by atoms with van der Waals surface area (Å²) in [4.78, 5) is 2.28. The van der Waals surface area contributed by atoms with Crippen LogP contribution in [0, 0.1) is 6.92 Å². The summed E-state index contributed by atoms with van der Waals surface area (Å²) in [6, 6.07) is 8.96. The first-order valence-corrected chi connectivity index (χ1v) is 7.47. The van der Waals surface area contributed by atoms with Crippen LogP contribution < -0.4 is 0 Å². The standard InChI is InChI=1S/C17H29NO2/c1-13(2)18(11-17(19)12-20-14(3)4)10-16-8-6-15(5)7-9-16/h6-9,13-14,17,19H,10-12H2,1-5H3. The van der Waals surface area contributed by atoms with Gasteiger partial charge in [-0.15, -0.1) is 0 Å². The zero-order valence-electron chi connectivity index (χ0n) is 13.5. The van der Waals surface area contributed by atoms with Gasteiger partial charge in [-0.05, 0) is 40.2 Å². The Kier molecular flexibility index (Phi) is 7.20. The van der Waals surface area contributed by atoms with E-state index < -0.39 is 6.10 Å². The second-order valence-corrected chi connectivity index (χ2v) is 6.04. The molecule has 0 aliphatic rings. The molecule has 1 atom stereocenters. The number of aliphatic hydroxyl groups excluding tert-OH is 1. The first-order valence-electron chi connectivity index (χ1n) is 7.47. The molecular formula is C17H29NO2. The Labute approximate surface area is 123 Å². The van der Waals surface area contributed by atoms with Crippen molar-refractivity contribution in [2.45, 2.75) is 59.4 Å². The van der Waals surface area contributed by atoms with Crippen LogP contribution >= 0.6 is 0 Å². The minimum atomic E-state index is -0.440. The minimum Gasteiger partial charge on any atom is -0.389 e. The molecular weight excluding hydrogens is 250 g/mol. The fraction of sp³-hybridized carbons (Fsp3) is 0.647. The van der Waals surface area contributed by atoms with Crippen molar-refractivity contribution < 1.29 is 9.84 Å². The van der Waals surface area contributed by atoms with Gasteiger partial charge in [-0.25, -0.2) is 0 Å². The Morgan fingerprint density at radius 1 is 1.10 bits per heavy atom. The second-order valence-electron chi connectivity index (χ2n) is 6.04. The minimum absolute atomic E-state index is 0.161. The lowest BCUT2D eigenvalue weighted by Crippen LogP contribution is -2.39. The fourth-order valence-electron chi connectivity index (χ4n) is 2.01. The highest BCUT2D eigenvalue weighted by molar-refractivity contribution is 5.21. The normalized spacial score (nSPS) is 13.4. The highest BCUT2D eigenvalue weighted by Gasteiger charge is 2.15. The number of nitrogens with zero attached hydrogens (tertiary/aromatic N) is 1. The molecule has 1 rings (SSSR count). The number of hydrogen-bond donors (Lipinski definition) is 1. The summed E-state index contributed by atoms with van der Waals surface area (Å²) in [6.45, 7) is 12.3. The van der Waals surface area contributed by atoms with Gasteiger partial charge in [0.1, 0.15) is 0 Å². The number of rotatable bonds is 8. The van der Waals surface area contributed by atoms with Crippen LogP contribution in [0.5, 0.6) is 0 Å². The molecule has 0 saturated heterocycles. The molecule has 1 N–H and O–H groups in total. The van der Waals surface area contributed by atoms with E-state index in [1.807, 2.05) is 13.8 Å². The molecule has 0 heterocycles. The zero-order valence-corrected chi connectivity index (χ0v) is 13.5. The number of aliphatic hydroxyl groups is 1. The van der Waals surface area contributed by atoms with Crippen LogP contribution in [0.4, 0.5) is 0 Å². The topological polar surface area (TPSA) is 32.7 Å². The predicted octanol–water partition coefficient (Wildman–Crippen LogP) is 2.99. The molecule has 1 aromatic rings. The van der Waals surface area contributed by atoms with Gasteiger partial charge in [0, 0.05) is 19.1 Å². The van der Waals surface area contributed by atoms with Gasteiger partial charge in [0.15, 0.2) is 0 Å². The van der Waals surface area contributed by atoms with E-state index in [2.05, 4.69) is 49.9 Å². The maximum absolute atomic E-state index is 10.1. The molecule has 0 amide bonds. The third kappa shape index (κ3) is 6.51. The lowest BCUT2D eigenvalue weighted by Gasteiger charge is -2.29. The van der Waals surface area contributed by atoms with Crippen LogP contribution in [0.1, 0.15) is 38.8 Å². The smallest absolute Gasteiger partial charge is 0.0900 e. The third-order valence-electron chi connectivity index (χ3n) is 3.30. The summed E-state index contributed by atoms with van der Waals surface area (Å²) >= 11 is 0. The van der Waals surface area contributed by atoms with Gasteiger partial charge < -0.3 is 9.84 Å². The average Bonchev–Trinajstić information content (AvgIpc) is 2.38. The van der Waals surface area contributed by atoms with Gasteiger partial charge in [0.05, 0.1) is 18.8 Å². The van der Waals surface area contributed by atoms with Crippen molar-refractivity contribution in [2.24, 2.45) is 0 Å². The van der Waals surface area contributed by atoms with Crippen LogP contribution in [0.25, 0.3) is 0 Å². The highest BCUT2D eigenvalue weighted by Crippen LogP contribution is 2.10. The van der Waals surface area contributed by atoms with Crippen molar-refractivity contribution in [3.63, 3.8) is 0 Å².